The van der Waals surface area contributed by atoms with Gasteiger partial charge >= 0.3 is 0 Å². The Labute approximate surface area is 187 Å². The molecule has 32 heavy (non-hydrogen) atoms. The van der Waals surface area contributed by atoms with Crippen LogP contribution in [0.15, 0.2) is 36.4 Å². The van der Waals surface area contributed by atoms with Crippen LogP contribution < -0.4 is 14.5 Å². The summed E-state index contributed by atoms with van der Waals surface area (Å²) in [5, 5.41) is 11.6. The molecule has 170 valence electrons. The molecule has 0 saturated carbocycles. The SMILES string of the molecule is COc1c(C)cccc1C(=O)N1CCN(c2ccc([N+](=O)[O-])c(N3CCOCC3)c2)CC1. The minimum absolute atomic E-state index is 0.0390. The molecule has 0 aromatic heterocycles. The van der Waals surface area contributed by atoms with Crippen LogP contribution in [0.25, 0.3) is 0 Å². The third-order valence-corrected chi connectivity index (χ3v) is 6.09. The summed E-state index contributed by atoms with van der Waals surface area (Å²) in [5.41, 5.74) is 3.16. The van der Waals surface area contributed by atoms with Crippen molar-refractivity contribution in [3.8, 4) is 5.75 Å². The molecule has 0 atom stereocenters. The summed E-state index contributed by atoms with van der Waals surface area (Å²) in [6.45, 7) is 6.75. The molecule has 2 fully saturated rings. The van der Waals surface area contributed by atoms with Crippen LogP contribution in [-0.4, -0.2) is 75.3 Å². The lowest BCUT2D eigenvalue weighted by molar-refractivity contribution is -0.384. The predicted octanol–water partition coefficient (Wildman–Crippen LogP) is 2.71. The van der Waals surface area contributed by atoms with E-state index < -0.39 is 0 Å². The molecule has 0 radical (unpaired) electrons. The molecular formula is C23H28N4O5. The van der Waals surface area contributed by atoms with Crippen molar-refractivity contribution in [2.24, 2.45) is 0 Å². The molecular weight excluding hydrogens is 412 g/mol. The first kappa shape index (κ1) is 21.9. The number of morpholine rings is 1. The number of carbonyl (C=O) groups excluding carboxylic acids is 1. The van der Waals surface area contributed by atoms with Crippen molar-refractivity contribution in [2.75, 3.05) is 69.4 Å². The van der Waals surface area contributed by atoms with Gasteiger partial charge in [-0.3, -0.25) is 14.9 Å². The minimum Gasteiger partial charge on any atom is -0.496 e. The molecule has 2 aromatic carbocycles. The Bertz CT molecular complexity index is 998. The number of carbonyl (C=O) groups is 1. The summed E-state index contributed by atoms with van der Waals surface area (Å²) < 4.78 is 10.8. The number of hydrogen-bond acceptors (Lipinski definition) is 7. The highest BCUT2D eigenvalue weighted by Gasteiger charge is 2.27. The van der Waals surface area contributed by atoms with Crippen LogP contribution in [0.4, 0.5) is 17.1 Å². The van der Waals surface area contributed by atoms with Crippen molar-refractivity contribution < 1.29 is 19.2 Å². The van der Waals surface area contributed by atoms with Crippen LogP contribution >= 0.6 is 0 Å². The second-order valence-electron chi connectivity index (χ2n) is 7.96. The third-order valence-electron chi connectivity index (χ3n) is 6.09. The lowest BCUT2D eigenvalue weighted by Gasteiger charge is -2.37. The summed E-state index contributed by atoms with van der Waals surface area (Å²) in [4.78, 5) is 30.3. The van der Waals surface area contributed by atoms with E-state index in [-0.39, 0.29) is 16.5 Å². The number of rotatable bonds is 5. The number of piperazine rings is 1. The first-order valence-corrected chi connectivity index (χ1v) is 10.8. The number of nitro groups is 1. The van der Waals surface area contributed by atoms with Gasteiger partial charge in [0.15, 0.2) is 0 Å². The van der Waals surface area contributed by atoms with Gasteiger partial charge in [0.05, 0.1) is 30.8 Å². The van der Waals surface area contributed by atoms with Gasteiger partial charge in [0.1, 0.15) is 11.4 Å². The number of ether oxygens (including phenoxy) is 2. The van der Waals surface area contributed by atoms with Crippen molar-refractivity contribution in [3.05, 3.63) is 57.6 Å². The van der Waals surface area contributed by atoms with E-state index >= 15 is 0 Å². The second-order valence-corrected chi connectivity index (χ2v) is 7.96. The Kier molecular flexibility index (Phi) is 6.45. The van der Waals surface area contributed by atoms with Gasteiger partial charge in [0.25, 0.3) is 11.6 Å². The maximum absolute atomic E-state index is 13.1. The number of nitro benzene ring substituents is 1. The molecule has 9 heteroatoms. The number of benzene rings is 2. The van der Waals surface area contributed by atoms with Crippen molar-refractivity contribution in [2.45, 2.75) is 6.92 Å². The Morgan fingerprint density at radius 1 is 1.03 bits per heavy atom. The molecule has 0 spiro atoms. The number of aryl methyl sites for hydroxylation is 1. The number of para-hydroxylation sites is 1. The van der Waals surface area contributed by atoms with Gasteiger partial charge in [0.2, 0.25) is 0 Å². The third kappa shape index (κ3) is 4.34. The van der Waals surface area contributed by atoms with Gasteiger partial charge < -0.3 is 24.2 Å². The molecule has 0 unspecified atom stereocenters. The fourth-order valence-corrected chi connectivity index (χ4v) is 4.35. The van der Waals surface area contributed by atoms with E-state index in [9.17, 15) is 14.9 Å². The van der Waals surface area contributed by atoms with E-state index in [0.29, 0.717) is 69.5 Å². The predicted molar refractivity (Wildman–Crippen MR) is 122 cm³/mol. The summed E-state index contributed by atoms with van der Waals surface area (Å²) in [5.74, 6) is 0.577. The smallest absolute Gasteiger partial charge is 0.292 e. The minimum atomic E-state index is -0.333. The summed E-state index contributed by atoms with van der Waals surface area (Å²) in [6, 6.07) is 10.9. The fourth-order valence-electron chi connectivity index (χ4n) is 4.35. The number of amides is 1. The molecule has 1 amide bonds. The highest BCUT2D eigenvalue weighted by molar-refractivity contribution is 5.97. The zero-order valence-corrected chi connectivity index (χ0v) is 18.5. The lowest BCUT2D eigenvalue weighted by Crippen LogP contribution is -2.49. The zero-order valence-electron chi connectivity index (χ0n) is 18.5. The van der Waals surface area contributed by atoms with Crippen LogP contribution in [0.5, 0.6) is 5.75 Å². The normalized spacial score (nSPS) is 16.8. The van der Waals surface area contributed by atoms with E-state index in [0.717, 1.165) is 11.3 Å². The molecule has 2 aliphatic rings. The zero-order chi connectivity index (χ0) is 22.7. The Hall–Kier alpha value is -3.33. The highest BCUT2D eigenvalue weighted by Crippen LogP contribution is 2.34. The molecule has 0 N–H and O–H groups in total. The van der Waals surface area contributed by atoms with E-state index in [4.69, 9.17) is 9.47 Å². The number of anilines is 2. The fraction of sp³-hybridized carbons (Fsp3) is 0.435. The molecule has 9 nitrogen and oxygen atoms in total. The molecule has 0 bridgehead atoms. The monoisotopic (exact) mass is 440 g/mol. The number of nitrogens with zero attached hydrogens (tertiary/aromatic N) is 4. The average Bonchev–Trinajstić information content (AvgIpc) is 2.83. The molecule has 4 rings (SSSR count). The Morgan fingerprint density at radius 3 is 2.41 bits per heavy atom. The summed E-state index contributed by atoms with van der Waals surface area (Å²) in [6.07, 6.45) is 0. The summed E-state index contributed by atoms with van der Waals surface area (Å²) in [7, 11) is 1.58. The van der Waals surface area contributed by atoms with Crippen LogP contribution in [0.1, 0.15) is 15.9 Å². The first-order valence-electron chi connectivity index (χ1n) is 10.8. The van der Waals surface area contributed by atoms with Crippen LogP contribution in [0.2, 0.25) is 0 Å². The van der Waals surface area contributed by atoms with Gasteiger partial charge in [-0.2, -0.15) is 0 Å². The molecule has 2 aliphatic heterocycles. The molecule has 2 heterocycles. The number of hydrogen-bond donors (Lipinski definition) is 0. The second kappa shape index (κ2) is 9.44. The maximum Gasteiger partial charge on any atom is 0.292 e. The average molecular weight is 441 g/mol. The molecule has 2 aromatic rings. The van der Waals surface area contributed by atoms with Crippen LogP contribution in [-0.2, 0) is 4.74 Å². The number of methoxy groups -OCH3 is 1. The van der Waals surface area contributed by atoms with Crippen molar-refractivity contribution >= 4 is 23.0 Å². The van der Waals surface area contributed by atoms with Crippen molar-refractivity contribution in [1.82, 2.24) is 4.90 Å². The van der Waals surface area contributed by atoms with Gasteiger partial charge in [0, 0.05) is 51.0 Å². The van der Waals surface area contributed by atoms with Crippen molar-refractivity contribution in [1.29, 1.82) is 0 Å². The first-order chi connectivity index (χ1) is 15.5. The van der Waals surface area contributed by atoms with E-state index in [2.05, 4.69) is 4.90 Å². The lowest BCUT2D eigenvalue weighted by atomic mass is 10.1. The van der Waals surface area contributed by atoms with E-state index in [1.807, 2.05) is 34.9 Å². The van der Waals surface area contributed by atoms with E-state index in [1.54, 1.807) is 25.3 Å². The molecule has 2 saturated heterocycles. The van der Waals surface area contributed by atoms with Gasteiger partial charge in [-0.25, -0.2) is 0 Å². The topological polar surface area (TPSA) is 88.4 Å². The maximum atomic E-state index is 13.1. The molecule has 0 aliphatic carbocycles. The van der Waals surface area contributed by atoms with Gasteiger partial charge in [-0.15, -0.1) is 0 Å². The van der Waals surface area contributed by atoms with E-state index in [1.165, 1.54) is 0 Å². The van der Waals surface area contributed by atoms with Gasteiger partial charge in [-0.05, 0) is 30.7 Å². The Morgan fingerprint density at radius 2 is 1.75 bits per heavy atom. The summed E-state index contributed by atoms with van der Waals surface area (Å²) >= 11 is 0. The highest BCUT2D eigenvalue weighted by atomic mass is 16.6. The van der Waals surface area contributed by atoms with Gasteiger partial charge in [-0.1, -0.05) is 12.1 Å². The largest absolute Gasteiger partial charge is 0.496 e. The Balaban J connectivity index is 1.49. The van der Waals surface area contributed by atoms with Crippen LogP contribution in [0.3, 0.4) is 0 Å². The van der Waals surface area contributed by atoms with Crippen LogP contribution in [0, 0.1) is 17.0 Å². The standard InChI is InChI=1S/C23H28N4O5/c1-17-4-3-5-19(22(17)31-2)23(28)26-10-8-24(9-11-26)18-6-7-20(27(29)30)21(16-18)25-12-14-32-15-13-25/h3-7,16H,8-15H2,1-2H3. The quantitative estimate of drug-likeness (QED) is 0.522. The van der Waals surface area contributed by atoms with Crippen molar-refractivity contribution in [3.63, 3.8) is 0 Å².